The maximum Gasteiger partial charge on any atom is 0.216 e. The summed E-state index contributed by atoms with van der Waals surface area (Å²) in [5.74, 6) is -0.140. The van der Waals surface area contributed by atoms with Gasteiger partial charge in [0.25, 0.3) is 0 Å². The van der Waals surface area contributed by atoms with Crippen LogP contribution in [0, 0.1) is 0 Å². The molecule has 7 heteroatoms. The van der Waals surface area contributed by atoms with E-state index in [1.54, 1.807) is 24.3 Å². The Balaban J connectivity index is 3.16. The first-order chi connectivity index (χ1) is 9.92. The Bertz CT molecular complexity index is 514. The normalized spacial score (nSPS) is 27.5. The first-order valence-electron chi connectivity index (χ1n) is 6.37. The number of amides is 1. The summed E-state index contributed by atoms with van der Waals surface area (Å²) in [6.45, 7) is 10.9. The van der Waals surface area contributed by atoms with Crippen molar-refractivity contribution in [2.45, 2.75) is 25.1 Å². The van der Waals surface area contributed by atoms with Gasteiger partial charge in [0.05, 0.1) is 11.7 Å². The molecule has 0 aliphatic carbocycles. The minimum atomic E-state index is -2.41. The summed E-state index contributed by atoms with van der Waals surface area (Å²) in [5.41, 5.74) is 0.565. The number of carbonyl (C=O) groups excluding carboxylic acids is 1. The Morgan fingerprint density at radius 3 is 2.57 bits per heavy atom. The van der Waals surface area contributed by atoms with Crippen LogP contribution in [-0.4, -0.2) is 36.8 Å². The minimum Gasteiger partial charge on any atom is -0.755 e. The van der Waals surface area contributed by atoms with Crippen LogP contribution in [0.1, 0.15) is 13.8 Å². The molecule has 0 aromatic carbocycles. The first kappa shape index (κ1) is 17.7. The van der Waals surface area contributed by atoms with Gasteiger partial charge in [0.2, 0.25) is 5.91 Å². The zero-order chi connectivity index (χ0) is 16.0. The summed E-state index contributed by atoms with van der Waals surface area (Å²) in [6.07, 6.45) is 6.57. The van der Waals surface area contributed by atoms with E-state index in [9.17, 15) is 13.6 Å². The van der Waals surface area contributed by atoms with E-state index in [4.69, 9.17) is 0 Å². The average Bonchev–Trinajstić information content (AvgIpc) is 2.40. The molecule has 21 heavy (non-hydrogen) atoms. The van der Waals surface area contributed by atoms with E-state index in [0.717, 1.165) is 4.91 Å². The topological polar surface area (TPSA) is 72.5 Å². The summed E-state index contributed by atoms with van der Waals surface area (Å²) < 4.78 is 24.5. The Morgan fingerprint density at radius 2 is 2.10 bits per heavy atom. The van der Waals surface area contributed by atoms with Crippen molar-refractivity contribution < 1.29 is 13.6 Å². The maximum atomic E-state index is 11.6. The molecule has 1 saturated heterocycles. The molecule has 1 amide bonds. The zero-order valence-corrected chi connectivity index (χ0v) is 13.7. The maximum absolute atomic E-state index is 11.6. The summed E-state index contributed by atoms with van der Waals surface area (Å²) in [6, 6.07) is -0.284. The summed E-state index contributed by atoms with van der Waals surface area (Å²) in [5, 5.41) is 2.65. The molecule has 1 heterocycles. The molecule has 1 unspecified atom stereocenters. The van der Waals surface area contributed by atoms with Crippen LogP contribution in [0.2, 0.25) is 0 Å². The van der Waals surface area contributed by atoms with Crippen molar-refractivity contribution in [3.63, 3.8) is 0 Å². The fourth-order valence-corrected chi connectivity index (χ4v) is 4.12. The molecule has 1 aliphatic rings. The van der Waals surface area contributed by atoms with E-state index in [1.165, 1.54) is 23.0 Å². The van der Waals surface area contributed by atoms with Gasteiger partial charge < -0.3 is 9.87 Å². The van der Waals surface area contributed by atoms with E-state index in [1.807, 2.05) is 6.92 Å². The molecule has 0 aromatic heterocycles. The van der Waals surface area contributed by atoms with Crippen LogP contribution < -0.4 is 5.32 Å². The monoisotopic (exact) mass is 327 g/mol. The summed E-state index contributed by atoms with van der Waals surface area (Å²) in [7, 11) is 0. The molecule has 0 aromatic rings. The minimum absolute atomic E-state index is 0.0834. The van der Waals surface area contributed by atoms with Crippen molar-refractivity contribution >= 4 is 28.9 Å². The van der Waals surface area contributed by atoms with Gasteiger partial charge in [0, 0.05) is 34.9 Å². The second-order valence-corrected chi connectivity index (χ2v) is 6.54. The quantitative estimate of drug-likeness (QED) is 0.782. The fraction of sp³-hybridized carbons (Fsp3) is 0.357. The Kier molecular flexibility index (Phi) is 6.94. The molecule has 116 valence electrons. The highest BCUT2D eigenvalue weighted by Gasteiger charge is 2.34. The molecule has 5 nitrogen and oxygen atoms in total. The number of thioether (sulfide) groups is 1. The molecular formula is C14H19N2O3S2-. The van der Waals surface area contributed by atoms with E-state index in [2.05, 4.69) is 18.5 Å². The smallest absolute Gasteiger partial charge is 0.216 e. The van der Waals surface area contributed by atoms with Crippen molar-refractivity contribution in [1.82, 2.24) is 9.62 Å². The Hall–Kier alpha value is -1.31. The molecule has 0 saturated carbocycles. The third-order valence-corrected chi connectivity index (χ3v) is 5.25. The fourth-order valence-electron chi connectivity index (χ4n) is 1.97. The van der Waals surface area contributed by atoms with Gasteiger partial charge in [0.15, 0.2) is 0 Å². The molecule has 1 fully saturated rings. The van der Waals surface area contributed by atoms with Gasteiger partial charge in [-0.2, -0.15) is 0 Å². The predicted molar refractivity (Wildman–Crippen MR) is 86.8 cm³/mol. The SMILES string of the molecule is C=C/C=C1/S[C@@H](CNC(C)=O)[C@@H](C)N(S(=O)[O-])/C1=C/C=C. The van der Waals surface area contributed by atoms with Gasteiger partial charge in [-0.25, -0.2) is 0 Å². The molecule has 0 spiro atoms. The standard InChI is InChI=1S/C14H20N2O3S2/c1-5-7-12-13(8-6-2)20-14(9-15-11(4)17)10(3)16(12)21(18)19/h5-8,10,14H,1-2,9H2,3-4H3,(H,15,17)(H,18,19)/p-1/b12-7+,13-8+/t10-,14+/m1/s1. The van der Waals surface area contributed by atoms with Crippen molar-refractivity contribution in [2.24, 2.45) is 0 Å². The van der Waals surface area contributed by atoms with E-state index >= 15 is 0 Å². The molecule has 3 atom stereocenters. The third-order valence-electron chi connectivity index (χ3n) is 2.93. The number of allylic oxidation sites excluding steroid dienone is 4. The summed E-state index contributed by atoms with van der Waals surface area (Å²) in [4.78, 5) is 11.9. The number of carbonyl (C=O) groups is 1. The average molecular weight is 327 g/mol. The van der Waals surface area contributed by atoms with Crippen molar-refractivity contribution in [3.05, 3.63) is 48.1 Å². The van der Waals surface area contributed by atoms with Crippen LogP contribution in [0.5, 0.6) is 0 Å². The van der Waals surface area contributed by atoms with Crippen LogP contribution in [-0.2, 0) is 16.1 Å². The number of nitrogens with one attached hydrogen (secondary N) is 1. The van der Waals surface area contributed by atoms with Gasteiger partial charge in [-0.3, -0.25) is 13.3 Å². The zero-order valence-electron chi connectivity index (χ0n) is 12.1. The number of nitrogens with zero attached hydrogens (tertiary/aromatic N) is 1. The lowest BCUT2D eigenvalue weighted by atomic mass is 10.2. The second kappa shape index (κ2) is 8.21. The molecular weight excluding hydrogens is 308 g/mol. The predicted octanol–water partition coefficient (Wildman–Crippen LogP) is 1.86. The Morgan fingerprint density at radius 1 is 1.48 bits per heavy atom. The lowest BCUT2D eigenvalue weighted by molar-refractivity contribution is -0.118. The highest BCUT2D eigenvalue weighted by atomic mass is 32.2. The van der Waals surface area contributed by atoms with Crippen LogP contribution in [0.15, 0.2) is 48.1 Å². The van der Waals surface area contributed by atoms with Crippen molar-refractivity contribution in [1.29, 1.82) is 0 Å². The largest absolute Gasteiger partial charge is 0.755 e. The number of rotatable bonds is 5. The van der Waals surface area contributed by atoms with Crippen molar-refractivity contribution in [3.8, 4) is 0 Å². The number of hydrogen-bond acceptors (Lipinski definition) is 4. The molecule has 1 aliphatic heterocycles. The highest BCUT2D eigenvalue weighted by molar-refractivity contribution is 8.04. The van der Waals surface area contributed by atoms with E-state index in [0.29, 0.717) is 12.2 Å². The van der Waals surface area contributed by atoms with Crippen molar-refractivity contribution in [2.75, 3.05) is 6.54 Å². The van der Waals surface area contributed by atoms with Gasteiger partial charge in [-0.05, 0) is 19.1 Å². The molecule has 1 N–H and O–H groups in total. The van der Waals surface area contributed by atoms with Crippen LogP contribution in [0.3, 0.4) is 0 Å². The van der Waals surface area contributed by atoms with Gasteiger partial charge in [-0.1, -0.05) is 25.3 Å². The van der Waals surface area contributed by atoms with E-state index in [-0.39, 0.29) is 17.2 Å². The van der Waals surface area contributed by atoms with Crippen LogP contribution >= 0.6 is 11.8 Å². The third kappa shape index (κ3) is 4.59. The first-order valence-corrected chi connectivity index (χ1v) is 8.29. The van der Waals surface area contributed by atoms with Gasteiger partial charge >= 0.3 is 0 Å². The summed E-state index contributed by atoms with van der Waals surface area (Å²) >= 11 is -0.887. The van der Waals surface area contributed by atoms with E-state index < -0.39 is 11.3 Å². The lowest BCUT2D eigenvalue weighted by Crippen LogP contribution is -2.48. The highest BCUT2D eigenvalue weighted by Crippen LogP contribution is 2.40. The number of hydrogen-bond donors (Lipinski definition) is 1. The lowest BCUT2D eigenvalue weighted by Gasteiger charge is -2.43. The molecule has 0 bridgehead atoms. The van der Waals surface area contributed by atoms with Crippen LogP contribution in [0.4, 0.5) is 0 Å². The van der Waals surface area contributed by atoms with Gasteiger partial charge in [0.1, 0.15) is 0 Å². The van der Waals surface area contributed by atoms with Gasteiger partial charge in [-0.15, -0.1) is 11.8 Å². The Labute approximate surface area is 132 Å². The molecule has 1 rings (SSSR count). The second-order valence-electron chi connectivity index (χ2n) is 4.43. The molecule has 0 radical (unpaired) electrons. The van der Waals surface area contributed by atoms with Crippen LogP contribution in [0.25, 0.3) is 0 Å².